The van der Waals surface area contributed by atoms with Crippen LogP contribution in [-0.4, -0.2) is 46.5 Å². The third-order valence-electron chi connectivity index (χ3n) is 4.38. The second-order valence-corrected chi connectivity index (χ2v) is 8.23. The number of nitrogens with zero attached hydrogens (tertiary/aromatic N) is 3. The Hall–Kier alpha value is -2.74. The van der Waals surface area contributed by atoms with Crippen LogP contribution < -0.4 is 16.9 Å². The van der Waals surface area contributed by atoms with Crippen LogP contribution >= 0.6 is 11.6 Å². The minimum atomic E-state index is -0.523. The Morgan fingerprint density at radius 3 is 2.82 bits per heavy atom. The molecule has 0 saturated carbocycles. The predicted octanol–water partition coefficient (Wildman–Crippen LogP) is 2.89. The van der Waals surface area contributed by atoms with E-state index in [9.17, 15) is 4.79 Å². The number of hydrogen-bond acceptors (Lipinski definition) is 6. The molecule has 1 aromatic heterocycles. The van der Waals surface area contributed by atoms with Crippen LogP contribution in [0.15, 0.2) is 29.4 Å². The molecule has 9 heteroatoms. The van der Waals surface area contributed by atoms with E-state index in [-0.39, 0.29) is 18.0 Å². The Balaban J connectivity index is 1.84. The summed E-state index contributed by atoms with van der Waals surface area (Å²) in [5, 5.41) is 9.31. The van der Waals surface area contributed by atoms with E-state index in [0.717, 1.165) is 17.2 Å². The molecule has 150 valence electrons. The van der Waals surface area contributed by atoms with Crippen molar-refractivity contribution in [1.82, 2.24) is 9.88 Å². The van der Waals surface area contributed by atoms with Crippen molar-refractivity contribution in [2.75, 3.05) is 18.4 Å². The number of fused-ring (bicyclic) bond motifs is 1. The monoisotopic (exact) mass is 404 g/mol. The third kappa shape index (κ3) is 4.56. The molecule has 0 aliphatic carbocycles. The van der Waals surface area contributed by atoms with Crippen molar-refractivity contribution < 1.29 is 9.53 Å². The molecule has 28 heavy (non-hydrogen) atoms. The van der Waals surface area contributed by atoms with Gasteiger partial charge in [0.25, 0.3) is 0 Å². The fourth-order valence-corrected chi connectivity index (χ4v) is 3.26. The lowest BCUT2D eigenvalue weighted by molar-refractivity contribution is 0.0293. The van der Waals surface area contributed by atoms with Crippen molar-refractivity contribution in [3.8, 4) is 0 Å². The van der Waals surface area contributed by atoms with Crippen LogP contribution in [-0.2, 0) is 4.74 Å². The number of hydrogen-bond donors (Lipinski definition) is 3. The van der Waals surface area contributed by atoms with E-state index in [0.29, 0.717) is 29.6 Å². The molecule has 8 nitrogen and oxygen atoms in total. The highest BCUT2D eigenvalue weighted by Crippen LogP contribution is 2.28. The number of amides is 1. The van der Waals surface area contributed by atoms with Crippen LogP contribution in [0.5, 0.6) is 0 Å². The van der Waals surface area contributed by atoms with Gasteiger partial charge in [-0.05, 0) is 50.8 Å². The molecular formula is C19H25ClN6O2. The lowest BCUT2D eigenvalue weighted by Crippen LogP contribution is -2.36. The Morgan fingerprint density at radius 2 is 2.14 bits per heavy atom. The summed E-state index contributed by atoms with van der Waals surface area (Å²) >= 11 is 6.17. The SMILES string of the molecule is CC(C)(C)OC(=O)N1CCC(Nc2nc(/C(N)=N\N)cc3ccc(Cl)cc23)C1. The molecule has 1 amide bonds. The summed E-state index contributed by atoms with van der Waals surface area (Å²) in [5.41, 5.74) is 5.80. The highest BCUT2D eigenvalue weighted by atomic mass is 35.5. The summed E-state index contributed by atoms with van der Waals surface area (Å²) in [5.74, 6) is 6.07. The van der Waals surface area contributed by atoms with Crippen molar-refractivity contribution >= 4 is 40.1 Å². The van der Waals surface area contributed by atoms with Gasteiger partial charge in [-0.2, -0.15) is 5.10 Å². The lowest BCUT2D eigenvalue weighted by Gasteiger charge is -2.24. The van der Waals surface area contributed by atoms with Gasteiger partial charge in [0.15, 0.2) is 5.84 Å². The largest absolute Gasteiger partial charge is 0.444 e. The van der Waals surface area contributed by atoms with Crippen molar-refractivity contribution in [1.29, 1.82) is 0 Å². The number of anilines is 1. The number of amidine groups is 1. The number of likely N-dealkylation sites (tertiary alicyclic amines) is 1. The fourth-order valence-electron chi connectivity index (χ4n) is 3.09. The second kappa shape index (κ2) is 7.71. The maximum absolute atomic E-state index is 12.3. The number of hydrazone groups is 1. The Morgan fingerprint density at radius 1 is 1.39 bits per heavy atom. The van der Waals surface area contributed by atoms with E-state index in [4.69, 9.17) is 27.9 Å². The topological polar surface area (TPSA) is 119 Å². The van der Waals surface area contributed by atoms with Crippen LogP contribution in [0.2, 0.25) is 5.02 Å². The van der Waals surface area contributed by atoms with Crippen LogP contribution in [0, 0.1) is 0 Å². The van der Waals surface area contributed by atoms with Gasteiger partial charge in [0, 0.05) is 29.5 Å². The number of halogens is 1. The summed E-state index contributed by atoms with van der Waals surface area (Å²) in [4.78, 5) is 18.6. The molecule has 1 saturated heterocycles. The average molecular weight is 405 g/mol. The molecule has 1 aromatic carbocycles. The minimum Gasteiger partial charge on any atom is -0.444 e. The summed E-state index contributed by atoms with van der Waals surface area (Å²) in [6, 6.07) is 7.36. The van der Waals surface area contributed by atoms with Gasteiger partial charge < -0.3 is 26.5 Å². The normalized spacial score (nSPS) is 17.8. The van der Waals surface area contributed by atoms with Gasteiger partial charge in [0.2, 0.25) is 0 Å². The van der Waals surface area contributed by atoms with Gasteiger partial charge in [-0.25, -0.2) is 9.78 Å². The number of nitrogens with two attached hydrogens (primary N) is 2. The number of benzene rings is 1. The van der Waals surface area contributed by atoms with E-state index in [1.54, 1.807) is 11.0 Å². The Kier molecular flexibility index (Phi) is 5.51. The van der Waals surface area contributed by atoms with Gasteiger partial charge in [-0.3, -0.25) is 0 Å². The molecular weight excluding hydrogens is 380 g/mol. The first-order valence-corrected chi connectivity index (χ1v) is 9.42. The second-order valence-electron chi connectivity index (χ2n) is 7.79. The molecule has 1 fully saturated rings. The predicted molar refractivity (Wildman–Crippen MR) is 111 cm³/mol. The highest BCUT2D eigenvalue weighted by molar-refractivity contribution is 6.31. The van der Waals surface area contributed by atoms with Crippen LogP contribution in [0.3, 0.4) is 0 Å². The molecule has 3 rings (SSSR count). The first-order valence-electron chi connectivity index (χ1n) is 9.05. The zero-order valence-corrected chi connectivity index (χ0v) is 17.0. The number of aromatic nitrogens is 1. The number of pyridine rings is 1. The number of ether oxygens (including phenoxy) is 1. The molecule has 1 unspecified atom stereocenters. The quantitative estimate of drug-likeness (QED) is 0.313. The number of nitrogens with one attached hydrogen (secondary N) is 1. The van der Waals surface area contributed by atoms with Gasteiger partial charge in [-0.15, -0.1) is 0 Å². The van der Waals surface area contributed by atoms with E-state index in [1.807, 2.05) is 39.0 Å². The zero-order valence-electron chi connectivity index (χ0n) is 16.2. The Bertz CT molecular complexity index is 925. The summed E-state index contributed by atoms with van der Waals surface area (Å²) < 4.78 is 5.45. The zero-order chi connectivity index (χ0) is 20.5. The highest BCUT2D eigenvalue weighted by Gasteiger charge is 2.30. The molecule has 2 aromatic rings. The fraction of sp³-hybridized carbons (Fsp3) is 0.421. The number of carbonyl (C=O) groups excluding carboxylic acids is 1. The summed E-state index contributed by atoms with van der Waals surface area (Å²) in [7, 11) is 0. The molecule has 2 heterocycles. The first kappa shape index (κ1) is 20.0. The summed E-state index contributed by atoms with van der Waals surface area (Å²) in [6.45, 7) is 6.68. The van der Waals surface area contributed by atoms with Crippen molar-refractivity contribution in [2.45, 2.75) is 38.8 Å². The van der Waals surface area contributed by atoms with Crippen LogP contribution in [0.1, 0.15) is 32.9 Å². The molecule has 0 spiro atoms. The summed E-state index contributed by atoms with van der Waals surface area (Å²) in [6.07, 6.45) is 0.458. The average Bonchev–Trinajstić information content (AvgIpc) is 3.08. The van der Waals surface area contributed by atoms with Gasteiger partial charge in [0.1, 0.15) is 17.1 Å². The smallest absolute Gasteiger partial charge is 0.410 e. The molecule has 1 atom stereocenters. The van der Waals surface area contributed by atoms with Gasteiger partial charge >= 0.3 is 6.09 Å². The van der Waals surface area contributed by atoms with Crippen LogP contribution in [0.4, 0.5) is 10.6 Å². The maximum atomic E-state index is 12.3. The number of rotatable bonds is 3. The molecule has 1 aliphatic rings. The van der Waals surface area contributed by atoms with E-state index >= 15 is 0 Å². The van der Waals surface area contributed by atoms with Gasteiger partial charge in [0.05, 0.1) is 0 Å². The van der Waals surface area contributed by atoms with Crippen molar-refractivity contribution in [2.24, 2.45) is 16.7 Å². The molecule has 0 radical (unpaired) electrons. The third-order valence-corrected chi connectivity index (χ3v) is 4.61. The lowest BCUT2D eigenvalue weighted by atomic mass is 10.1. The molecule has 1 aliphatic heterocycles. The van der Waals surface area contributed by atoms with Gasteiger partial charge in [-0.1, -0.05) is 17.7 Å². The van der Waals surface area contributed by atoms with E-state index in [2.05, 4.69) is 15.4 Å². The first-order chi connectivity index (χ1) is 13.2. The molecule has 5 N–H and O–H groups in total. The Labute approximate surface area is 168 Å². The van der Waals surface area contributed by atoms with Crippen molar-refractivity contribution in [3.05, 3.63) is 35.0 Å². The van der Waals surface area contributed by atoms with Crippen LogP contribution in [0.25, 0.3) is 10.8 Å². The number of carbonyl (C=O) groups is 1. The molecule has 0 bridgehead atoms. The minimum absolute atomic E-state index is 0.0217. The van der Waals surface area contributed by atoms with Crippen molar-refractivity contribution in [3.63, 3.8) is 0 Å². The van der Waals surface area contributed by atoms with E-state index in [1.165, 1.54) is 0 Å². The standard InChI is InChI=1S/C19H25ClN6O2/c1-19(2,3)28-18(27)26-7-6-13(10-26)23-17-14-9-12(20)5-4-11(14)8-15(24-17)16(21)25-22/h4-5,8-9,13H,6-7,10,22H2,1-3H3,(H2,21,25)(H,23,24). The van der Waals surface area contributed by atoms with E-state index < -0.39 is 5.60 Å². The maximum Gasteiger partial charge on any atom is 0.410 e.